The van der Waals surface area contributed by atoms with Gasteiger partial charge in [0.15, 0.2) is 0 Å². The minimum absolute atomic E-state index is 0.367. The highest BCUT2D eigenvalue weighted by molar-refractivity contribution is 6.08. The maximum Gasteiger partial charge on any atom is 0.264 e. The third-order valence-electron chi connectivity index (χ3n) is 2.81. The molecule has 0 aromatic heterocycles. The second-order valence-electron chi connectivity index (χ2n) is 4.06. The third-order valence-corrected chi connectivity index (χ3v) is 2.81. The molecule has 3 N–H and O–H groups in total. The molecule has 2 aromatic carbocycles. The van der Waals surface area contributed by atoms with E-state index in [4.69, 9.17) is 5.73 Å². The van der Waals surface area contributed by atoms with Crippen molar-refractivity contribution in [2.24, 2.45) is 0 Å². The summed E-state index contributed by atoms with van der Waals surface area (Å²) in [6.07, 6.45) is 0. The quantitative estimate of drug-likeness (QED) is 0.815. The van der Waals surface area contributed by atoms with Crippen LogP contribution in [0, 0.1) is 5.82 Å². The van der Waals surface area contributed by atoms with Gasteiger partial charge in [0.25, 0.3) is 5.91 Å². The van der Waals surface area contributed by atoms with Gasteiger partial charge in [-0.05, 0) is 24.3 Å². The zero-order valence-corrected chi connectivity index (χ0v) is 10.3. The molecule has 0 spiro atoms. The topological polar surface area (TPSA) is 66.6 Å². The number of hydrogen-bond donors (Lipinski definition) is 2. The lowest BCUT2D eigenvalue weighted by Crippen LogP contribution is -2.27. The molecule has 0 saturated carbocycles. The predicted octanol–water partition coefficient (Wildman–Crippen LogP) is 2.39. The highest BCUT2D eigenvalue weighted by atomic mass is 19.1. The number of rotatable bonds is 2. The summed E-state index contributed by atoms with van der Waals surface area (Å²) in [6.45, 7) is 0. The minimum Gasteiger partial charge on any atom is -0.507 e. The number of anilines is 2. The summed E-state index contributed by atoms with van der Waals surface area (Å²) in [5.74, 6) is -1.83. The van der Waals surface area contributed by atoms with Crippen LogP contribution < -0.4 is 10.6 Å². The Labute approximate surface area is 109 Å². The average molecular weight is 260 g/mol. The van der Waals surface area contributed by atoms with E-state index in [0.29, 0.717) is 11.4 Å². The van der Waals surface area contributed by atoms with Gasteiger partial charge in [-0.1, -0.05) is 18.2 Å². The minimum atomic E-state index is -0.772. The van der Waals surface area contributed by atoms with Crippen LogP contribution in [0.2, 0.25) is 0 Å². The fraction of sp³-hybridized carbons (Fsp3) is 0.0714. The number of benzene rings is 2. The summed E-state index contributed by atoms with van der Waals surface area (Å²) in [4.78, 5) is 13.4. The van der Waals surface area contributed by atoms with Crippen molar-refractivity contribution in [1.82, 2.24) is 0 Å². The summed E-state index contributed by atoms with van der Waals surface area (Å²) in [5.41, 5.74) is 6.25. The van der Waals surface area contributed by atoms with Gasteiger partial charge < -0.3 is 15.7 Å². The van der Waals surface area contributed by atoms with Crippen LogP contribution in [0.4, 0.5) is 15.8 Å². The second kappa shape index (κ2) is 4.97. The van der Waals surface area contributed by atoms with Crippen molar-refractivity contribution in [3.63, 3.8) is 0 Å². The largest absolute Gasteiger partial charge is 0.507 e. The molecule has 0 unspecified atom stereocenters. The maximum atomic E-state index is 13.6. The molecule has 0 bridgehead atoms. The van der Waals surface area contributed by atoms with E-state index < -0.39 is 17.5 Å². The van der Waals surface area contributed by atoms with Gasteiger partial charge in [0, 0.05) is 7.05 Å². The number of carbonyl (C=O) groups is 1. The molecule has 0 radical (unpaired) electrons. The number of amides is 1. The van der Waals surface area contributed by atoms with E-state index in [1.807, 2.05) is 0 Å². The van der Waals surface area contributed by atoms with E-state index in [2.05, 4.69) is 0 Å². The van der Waals surface area contributed by atoms with Gasteiger partial charge >= 0.3 is 0 Å². The lowest BCUT2D eigenvalue weighted by atomic mass is 10.1. The predicted molar refractivity (Wildman–Crippen MR) is 71.7 cm³/mol. The van der Waals surface area contributed by atoms with E-state index in [1.54, 1.807) is 24.3 Å². The number of carbonyl (C=O) groups excluding carboxylic acids is 1. The molecular formula is C14H13FN2O2. The molecule has 0 aliphatic heterocycles. The zero-order valence-electron chi connectivity index (χ0n) is 10.3. The number of halogens is 1. The fourth-order valence-corrected chi connectivity index (χ4v) is 1.79. The molecule has 4 nitrogen and oxygen atoms in total. The molecule has 0 aliphatic carbocycles. The number of phenolic OH excluding ortho intramolecular Hbond substituents is 1. The van der Waals surface area contributed by atoms with Crippen LogP contribution in [0.25, 0.3) is 0 Å². The highest BCUT2D eigenvalue weighted by Gasteiger charge is 2.22. The number of nitrogens with two attached hydrogens (primary N) is 1. The van der Waals surface area contributed by atoms with Crippen molar-refractivity contribution in [3.05, 3.63) is 53.8 Å². The highest BCUT2D eigenvalue weighted by Crippen LogP contribution is 2.26. The number of aromatic hydroxyl groups is 1. The van der Waals surface area contributed by atoms with Crippen molar-refractivity contribution in [3.8, 4) is 5.75 Å². The molecule has 0 aliphatic rings. The molecule has 19 heavy (non-hydrogen) atoms. The Bertz CT molecular complexity index is 608. The van der Waals surface area contributed by atoms with Crippen LogP contribution in [0.15, 0.2) is 42.5 Å². The van der Waals surface area contributed by atoms with Crippen molar-refractivity contribution in [2.75, 3.05) is 17.7 Å². The SMILES string of the molecule is CN(C(=O)c1c(O)cccc1F)c1ccccc1N. The number of hydrogen-bond acceptors (Lipinski definition) is 3. The summed E-state index contributed by atoms with van der Waals surface area (Å²) < 4.78 is 13.6. The smallest absolute Gasteiger partial charge is 0.264 e. The van der Waals surface area contributed by atoms with Crippen molar-refractivity contribution in [2.45, 2.75) is 0 Å². The molecule has 0 fully saturated rings. The number of phenols is 1. The molecule has 5 heteroatoms. The monoisotopic (exact) mass is 260 g/mol. The van der Waals surface area contributed by atoms with E-state index in [0.717, 1.165) is 6.07 Å². The summed E-state index contributed by atoms with van der Waals surface area (Å²) in [5, 5.41) is 9.61. The Morgan fingerprint density at radius 2 is 1.89 bits per heavy atom. The summed E-state index contributed by atoms with van der Waals surface area (Å²) >= 11 is 0. The normalized spacial score (nSPS) is 10.2. The Hall–Kier alpha value is -2.56. The van der Waals surface area contributed by atoms with Gasteiger partial charge in [0.05, 0.1) is 11.4 Å². The van der Waals surface area contributed by atoms with Crippen molar-refractivity contribution >= 4 is 17.3 Å². The lowest BCUT2D eigenvalue weighted by molar-refractivity contribution is 0.0986. The van der Waals surface area contributed by atoms with Gasteiger partial charge in [0.1, 0.15) is 17.1 Å². The molecule has 2 rings (SSSR count). The van der Waals surface area contributed by atoms with Crippen LogP contribution in [-0.2, 0) is 0 Å². The molecule has 98 valence electrons. The molecule has 0 atom stereocenters. The van der Waals surface area contributed by atoms with Crippen LogP contribution in [-0.4, -0.2) is 18.1 Å². The van der Waals surface area contributed by atoms with E-state index in [9.17, 15) is 14.3 Å². The van der Waals surface area contributed by atoms with Crippen LogP contribution in [0.3, 0.4) is 0 Å². The first-order chi connectivity index (χ1) is 9.02. The van der Waals surface area contributed by atoms with Crippen LogP contribution in [0.1, 0.15) is 10.4 Å². The molecule has 2 aromatic rings. The number of para-hydroxylation sites is 2. The maximum absolute atomic E-state index is 13.6. The Morgan fingerprint density at radius 3 is 2.53 bits per heavy atom. The number of nitrogen functional groups attached to an aromatic ring is 1. The van der Waals surface area contributed by atoms with Gasteiger partial charge in [-0.25, -0.2) is 4.39 Å². The second-order valence-corrected chi connectivity index (χ2v) is 4.06. The van der Waals surface area contributed by atoms with Crippen LogP contribution >= 0.6 is 0 Å². The summed E-state index contributed by atoms with van der Waals surface area (Å²) in [7, 11) is 1.47. The third kappa shape index (κ3) is 2.35. The van der Waals surface area contributed by atoms with E-state index in [1.165, 1.54) is 24.1 Å². The van der Waals surface area contributed by atoms with Gasteiger partial charge in [0.2, 0.25) is 0 Å². The van der Waals surface area contributed by atoms with E-state index in [-0.39, 0.29) is 5.56 Å². The van der Waals surface area contributed by atoms with Crippen LogP contribution in [0.5, 0.6) is 5.75 Å². The Kier molecular flexibility index (Phi) is 3.37. The van der Waals surface area contributed by atoms with Gasteiger partial charge in [-0.15, -0.1) is 0 Å². The van der Waals surface area contributed by atoms with Gasteiger partial charge in [-0.2, -0.15) is 0 Å². The van der Waals surface area contributed by atoms with Crippen molar-refractivity contribution < 1.29 is 14.3 Å². The molecular weight excluding hydrogens is 247 g/mol. The lowest BCUT2D eigenvalue weighted by Gasteiger charge is -2.19. The molecule has 0 heterocycles. The Balaban J connectivity index is 2.43. The van der Waals surface area contributed by atoms with Crippen molar-refractivity contribution in [1.29, 1.82) is 0 Å². The average Bonchev–Trinajstić information content (AvgIpc) is 2.38. The Morgan fingerprint density at radius 1 is 1.21 bits per heavy atom. The first kappa shape index (κ1) is 12.9. The fourth-order valence-electron chi connectivity index (χ4n) is 1.79. The summed E-state index contributed by atoms with van der Waals surface area (Å²) in [6, 6.07) is 10.5. The number of nitrogens with zero attached hydrogens (tertiary/aromatic N) is 1. The zero-order chi connectivity index (χ0) is 14.0. The standard InChI is InChI=1S/C14H13FN2O2/c1-17(11-7-3-2-6-10(11)16)14(19)13-9(15)5-4-8-12(13)18/h2-8,18H,16H2,1H3. The molecule has 0 saturated heterocycles. The molecule has 1 amide bonds. The first-order valence-corrected chi connectivity index (χ1v) is 5.62. The van der Waals surface area contributed by atoms with Gasteiger partial charge in [-0.3, -0.25) is 4.79 Å². The first-order valence-electron chi connectivity index (χ1n) is 5.62. The van der Waals surface area contributed by atoms with E-state index >= 15 is 0 Å².